The first-order valence-electron chi connectivity index (χ1n) is 7.18. The Morgan fingerprint density at radius 1 is 1.26 bits per heavy atom. The van der Waals surface area contributed by atoms with Crippen molar-refractivity contribution >= 4 is 5.91 Å². The minimum Gasteiger partial charge on any atom is -0.335 e. The lowest BCUT2D eigenvalue weighted by Crippen LogP contribution is -2.49. The number of aromatic nitrogens is 1. The molecule has 1 aliphatic heterocycles. The van der Waals surface area contributed by atoms with Gasteiger partial charge in [0.15, 0.2) is 5.82 Å². The highest BCUT2D eigenvalue weighted by Gasteiger charge is 2.36. The zero-order chi connectivity index (χ0) is 13.2. The summed E-state index contributed by atoms with van der Waals surface area (Å²) in [4.78, 5) is 18.2. The Hall–Kier alpha value is -1.45. The quantitative estimate of drug-likeness (QED) is 0.779. The number of carbonyl (C=O) groups is 1. The molecule has 0 N–H and O–H groups in total. The highest BCUT2D eigenvalue weighted by molar-refractivity contribution is 5.94. The third-order valence-corrected chi connectivity index (χ3v) is 4.51. The van der Waals surface area contributed by atoms with Crippen LogP contribution in [0.2, 0.25) is 0 Å². The van der Waals surface area contributed by atoms with Gasteiger partial charge in [-0.05, 0) is 37.7 Å². The van der Waals surface area contributed by atoms with Crippen LogP contribution < -0.4 is 0 Å². The van der Waals surface area contributed by atoms with E-state index in [1.165, 1.54) is 37.9 Å². The topological polar surface area (TPSA) is 33.2 Å². The van der Waals surface area contributed by atoms with Crippen molar-refractivity contribution in [2.24, 2.45) is 5.92 Å². The van der Waals surface area contributed by atoms with E-state index < -0.39 is 5.82 Å². The first-order valence-corrected chi connectivity index (χ1v) is 7.18. The van der Waals surface area contributed by atoms with Crippen LogP contribution in [0.5, 0.6) is 0 Å². The van der Waals surface area contributed by atoms with Crippen LogP contribution in [0.3, 0.4) is 0 Å². The smallest absolute Gasteiger partial charge is 0.257 e. The first-order chi connectivity index (χ1) is 9.27. The highest BCUT2D eigenvalue weighted by Crippen LogP contribution is 2.36. The Balaban J connectivity index is 1.84. The number of carbonyl (C=O) groups excluding carboxylic acids is 1. The molecule has 19 heavy (non-hydrogen) atoms. The molecule has 3 rings (SSSR count). The molecule has 1 aromatic heterocycles. The summed E-state index contributed by atoms with van der Waals surface area (Å²) in [5, 5.41) is 0. The van der Waals surface area contributed by atoms with Crippen LogP contribution in [0.4, 0.5) is 4.39 Å². The summed E-state index contributed by atoms with van der Waals surface area (Å²) in [6.45, 7) is 0.766. The molecular formula is C15H19FN2O. The molecule has 0 bridgehead atoms. The van der Waals surface area contributed by atoms with E-state index in [1.807, 2.05) is 4.90 Å². The lowest BCUT2D eigenvalue weighted by atomic mass is 9.78. The number of piperidine rings is 1. The summed E-state index contributed by atoms with van der Waals surface area (Å²) in [6, 6.07) is 1.81. The van der Waals surface area contributed by atoms with Gasteiger partial charge in [-0.15, -0.1) is 0 Å². The van der Waals surface area contributed by atoms with Gasteiger partial charge in [-0.3, -0.25) is 9.78 Å². The number of nitrogens with zero attached hydrogens (tertiary/aromatic N) is 2. The largest absolute Gasteiger partial charge is 0.335 e. The number of halogens is 1. The fraction of sp³-hybridized carbons (Fsp3) is 0.600. The van der Waals surface area contributed by atoms with E-state index in [0.29, 0.717) is 12.0 Å². The third kappa shape index (κ3) is 2.36. The van der Waals surface area contributed by atoms with Gasteiger partial charge in [-0.1, -0.05) is 12.8 Å². The van der Waals surface area contributed by atoms with Gasteiger partial charge in [0.25, 0.3) is 5.91 Å². The summed E-state index contributed by atoms with van der Waals surface area (Å²) in [6.07, 6.45) is 9.61. The Morgan fingerprint density at radius 3 is 2.89 bits per heavy atom. The third-order valence-electron chi connectivity index (χ3n) is 4.51. The molecule has 2 unspecified atom stereocenters. The molecule has 1 aliphatic carbocycles. The Labute approximate surface area is 112 Å². The van der Waals surface area contributed by atoms with Crippen LogP contribution in [0.1, 0.15) is 48.9 Å². The predicted molar refractivity (Wildman–Crippen MR) is 70.2 cm³/mol. The number of hydrogen-bond acceptors (Lipinski definition) is 2. The van der Waals surface area contributed by atoms with Crippen molar-refractivity contribution in [2.45, 2.75) is 44.6 Å². The van der Waals surface area contributed by atoms with E-state index in [1.54, 1.807) is 0 Å². The van der Waals surface area contributed by atoms with Crippen LogP contribution >= 0.6 is 0 Å². The molecule has 102 valence electrons. The van der Waals surface area contributed by atoms with Gasteiger partial charge < -0.3 is 4.90 Å². The zero-order valence-electron chi connectivity index (χ0n) is 11.0. The van der Waals surface area contributed by atoms with Gasteiger partial charge in [0.1, 0.15) is 0 Å². The normalized spacial score (nSPS) is 26.9. The number of hydrogen-bond donors (Lipinski definition) is 0. The number of pyridine rings is 1. The molecule has 1 saturated carbocycles. The first kappa shape index (κ1) is 12.6. The standard InChI is InChI=1S/C15H19FN2O/c16-13-10-17-8-7-12(13)15(19)18-9-3-5-11-4-1-2-6-14(11)18/h7-8,10-11,14H,1-6,9H2. The van der Waals surface area contributed by atoms with Gasteiger partial charge in [0.05, 0.1) is 11.8 Å². The van der Waals surface area contributed by atoms with Gasteiger partial charge in [-0.25, -0.2) is 4.39 Å². The summed E-state index contributed by atoms with van der Waals surface area (Å²) in [5.41, 5.74) is 0.168. The Bertz CT molecular complexity index is 475. The maximum atomic E-state index is 13.7. The van der Waals surface area contributed by atoms with E-state index in [2.05, 4.69) is 4.98 Å². The van der Waals surface area contributed by atoms with Crippen LogP contribution in [0.15, 0.2) is 18.5 Å². The van der Waals surface area contributed by atoms with Crippen molar-refractivity contribution in [1.82, 2.24) is 9.88 Å². The van der Waals surface area contributed by atoms with Crippen molar-refractivity contribution in [3.8, 4) is 0 Å². The minimum absolute atomic E-state index is 0.156. The molecule has 1 amide bonds. The van der Waals surface area contributed by atoms with Crippen LogP contribution in [0.25, 0.3) is 0 Å². The van der Waals surface area contributed by atoms with Gasteiger partial charge >= 0.3 is 0 Å². The molecule has 1 aromatic rings. The number of likely N-dealkylation sites (tertiary alicyclic amines) is 1. The van der Waals surface area contributed by atoms with Crippen molar-refractivity contribution in [3.63, 3.8) is 0 Å². The maximum Gasteiger partial charge on any atom is 0.257 e. The molecule has 0 radical (unpaired) electrons. The molecular weight excluding hydrogens is 243 g/mol. The van der Waals surface area contributed by atoms with Gasteiger partial charge in [0, 0.05) is 18.8 Å². The van der Waals surface area contributed by atoms with Crippen LogP contribution in [0, 0.1) is 11.7 Å². The molecule has 0 spiro atoms. The molecule has 3 nitrogen and oxygen atoms in total. The Kier molecular flexibility index (Phi) is 3.49. The minimum atomic E-state index is -0.509. The average molecular weight is 262 g/mol. The SMILES string of the molecule is O=C(c1ccncc1F)N1CCCC2CCCCC21. The predicted octanol–water partition coefficient (Wildman–Crippen LogP) is 3.02. The highest BCUT2D eigenvalue weighted by atomic mass is 19.1. The molecule has 4 heteroatoms. The van der Waals surface area contributed by atoms with Gasteiger partial charge in [-0.2, -0.15) is 0 Å². The zero-order valence-corrected chi connectivity index (χ0v) is 11.0. The monoisotopic (exact) mass is 262 g/mol. The second-order valence-corrected chi connectivity index (χ2v) is 5.61. The maximum absolute atomic E-state index is 13.7. The fourth-order valence-electron chi connectivity index (χ4n) is 3.58. The van der Waals surface area contributed by atoms with Crippen LogP contribution in [-0.4, -0.2) is 28.4 Å². The lowest BCUT2D eigenvalue weighted by Gasteiger charge is -2.44. The van der Waals surface area contributed by atoms with Gasteiger partial charge in [0.2, 0.25) is 0 Å². The molecule has 1 saturated heterocycles. The molecule has 2 aliphatic rings. The van der Waals surface area contributed by atoms with E-state index in [0.717, 1.165) is 25.6 Å². The molecule has 2 heterocycles. The average Bonchev–Trinajstić information content (AvgIpc) is 2.46. The van der Waals surface area contributed by atoms with Crippen molar-refractivity contribution in [3.05, 3.63) is 29.8 Å². The van der Waals surface area contributed by atoms with Crippen LogP contribution in [-0.2, 0) is 0 Å². The summed E-state index contributed by atoms with van der Waals surface area (Å²) < 4.78 is 13.7. The van der Waals surface area contributed by atoms with E-state index in [4.69, 9.17) is 0 Å². The fourth-order valence-corrected chi connectivity index (χ4v) is 3.58. The number of fused-ring (bicyclic) bond motifs is 1. The number of rotatable bonds is 1. The number of amides is 1. The second kappa shape index (κ2) is 5.27. The van der Waals surface area contributed by atoms with Crippen molar-refractivity contribution in [2.75, 3.05) is 6.54 Å². The summed E-state index contributed by atoms with van der Waals surface area (Å²) in [7, 11) is 0. The molecule has 2 fully saturated rings. The Morgan fingerprint density at radius 2 is 2.05 bits per heavy atom. The van der Waals surface area contributed by atoms with E-state index in [9.17, 15) is 9.18 Å². The van der Waals surface area contributed by atoms with Crippen molar-refractivity contribution in [1.29, 1.82) is 0 Å². The summed E-state index contributed by atoms with van der Waals surface area (Å²) >= 11 is 0. The molecule has 2 atom stereocenters. The van der Waals surface area contributed by atoms with E-state index >= 15 is 0 Å². The molecule has 0 aromatic carbocycles. The lowest BCUT2D eigenvalue weighted by molar-refractivity contribution is 0.0386. The second-order valence-electron chi connectivity index (χ2n) is 5.61. The van der Waals surface area contributed by atoms with E-state index in [-0.39, 0.29) is 11.5 Å². The van der Waals surface area contributed by atoms with Crippen molar-refractivity contribution < 1.29 is 9.18 Å². The summed E-state index contributed by atoms with van der Waals surface area (Å²) in [5.74, 6) is -0.0433.